The van der Waals surface area contributed by atoms with Crippen molar-refractivity contribution in [2.45, 2.75) is 32.7 Å². The maximum atomic E-state index is 10.9. The molecule has 0 aliphatic rings. The van der Waals surface area contributed by atoms with Crippen LogP contribution in [-0.4, -0.2) is 34.6 Å². The van der Waals surface area contributed by atoms with Crippen molar-refractivity contribution in [2.75, 3.05) is 13.1 Å². The van der Waals surface area contributed by atoms with Gasteiger partial charge in [-0.25, -0.2) is 0 Å². The van der Waals surface area contributed by atoms with Gasteiger partial charge in [0, 0.05) is 13.0 Å². The molecule has 4 heteroatoms. The Morgan fingerprint density at radius 1 is 1.62 bits per heavy atom. The Labute approximate surface area is 78.8 Å². The first kappa shape index (κ1) is 11.9. The minimum absolute atomic E-state index is 0.366. The zero-order chi connectivity index (χ0) is 10.5. The van der Waals surface area contributed by atoms with Gasteiger partial charge in [0.15, 0.2) is 0 Å². The fourth-order valence-corrected chi connectivity index (χ4v) is 1.15. The van der Waals surface area contributed by atoms with Gasteiger partial charge in [-0.05, 0) is 20.4 Å². The number of hydrogen-bond acceptors (Lipinski definition) is 3. The zero-order valence-electron chi connectivity index (χ0n) is 8.37. The molecule has 0 atom stereocenters. The molecule has 74 valence electrons. The average Bonchev–Trinajstić information content (AvgIpc) is 2.05. The van der Waals surface area contributed by atoms with Crippen molar-refractivity contribution < 1.29 is 9.90 Å². The first-order valence-corrected chi connectivity index (χ1v) is 4.32. The molecule has 13 heavy (non-hydrogen) atoms. The molecule has 4 nitrogen and oxygen atoms in total. The van der Waals surface area contributed by atoms with Gasteiger partial charge < -0.3 is 5.11 Å². The molecule has 0 saturated carbocycles. The lowest BCUT2D eigenvalue weighted by atomic mass is 10.0. The number of nitrogens with zero attached hydrogens (tertiary/aromatic N) is 2. The van der Waals surface area contributed by atoms with Crippen molar-refractivity contribution in [3.05, 3.63) is 0 Å². The SMILES string of the molecule is CCN(CCC#N)C(C)(C)C(=O)O. The summed E-state index contributed by atoms with van der Waals surface area (Å²) in [7, 11) is 0. The summed E-state index contributed by atoms with van der Waals surface area (Å²) in [5.74, 6) is -0.854. The summed E-state index contributed by atoms with van der Waals surface area (Å²) in [5.41, 5.74) is -0.883. The van der Waals surface area contributed by atoms with Crippen LogP contribution < -0.4 is 0 Å². The van der Waals surface area contributed by atoms with Gasteiger partial charge in [0.2, 0.25) is 0 Å². The van der Waals surface area contributed by atoms with Crippen molar-refractivity contribution in [2.24, 2.45) is 0 Å². The molecule has 0 aromatic rings. The molecular formula is C9H16N2O2. The largest absolute Gasteiger partial charge is 0.480 e. The molecule has 0 bridgehead atoms. The number of nitriles is 1. The molecule has 1 N–H and O–H groups in total. The molecule has 0 aliphatic carbocycles. The van der Waals surface area contributed by atoms with Crippen LogP contribution >= 0.6 is 0 Å². The highest BCUT2D eigenvalue weighted by Crippen LogP contribution is 2.14. The molecule has 0 aliphatic heterocycles. The Kier molecular flexibility index (Phi) is 4.43. The molecule has 0 amide bonds. The second kappa shape index (κ2) is 4.83. The van der Waals surface area contributed by atoms with Gasteiger partial charge in [-0.1, -0.05) is 6.92 Å². The molecule has 0 heterocycles. The summed E-state index contributed by atoms with van der Waals surface area (Å²) < 4.78 is 0. The van der Waals surface area contributed by atoms with E-state index in [0.29, 0.717) is 19.5 Å². The number of carboxylic acids is 1. The number of rotatable bonds is 5. The maximum absolute atomic E-state index is 10.9. The molecule has 0 aromatic heterocycles. The van der Waals surface area contributed by atoms with E-state index in [0.717, 1.165) is 0 Å². The highest BCUT2D eigenvalue weighted by Gasteiger charge is 2.32. The normalized spacial score (nSPS) is 11.3. The molecule has 0 unspecified atom stereocenters. The second-order valence-electron chi connectivity index (χ2n) is 3.35. The van der Waals surface area contributed by atoms with Crippen molar-refractivity contribution in [3.63, 3.8) is 0 Å². The Balaban J connectivity index is 4.39. The lowest BCUT2D eigenvalue weighted by Crippen LogP contribution is -2.50. The van der Waals surface area contributed by atoms with E-state index in [4.69, 9.17) is 10.4 Å². The van der Waals surface area contributed by atoms with E-state index in [1.165, 1.54) is 0 Å². The predicted molar refractivity (Wildman–Crippen MR) is 49.2 cm³/mol. The third-order valence-corrected chi connectivity index (χ3v) is 2.19. The van der Waals surface area contributed by atoms with Crippen molar-refractivity contribution in [3.8, 4) is 6.07 Å². The summed E-state index contributed by atoms with van der Waals surface area (Å²) in [5, 5.41) is 17.3. The van der Waals surface area contributed by atoms with Crippen LogP contribution in [0.4, 0.5) is 0 Å². The topological polar surface area (TPSA) is 64.3 Å². The van der Waals surface area contributed by atoms with E-state index in [2.05, 4.69) is 0 Å². The minimum Gasteiger partial charge on any atom is -0.480 e. The summed E-state index contributed by atoms with van der Waals surface area (Å²) in [6, 6.07) is 2.01. The first-order valence-electron chi connectivity index (χ1n) is 4.32. The van der Waals surface area contributed by atoms with Crippen molar-refractivity contribution >= 4 is 5.97 Å². The van der Waals surface area contributed by atoms with Gasteiger partial charge in [-0.3, -0.25) is 9.69 Å². The van der Waals surface area contributed by atoms with Gasteiger partial charge in [-0.2, -0.15) is 5.26 Å². The van der Waals surface area contributed by atoms with Gasteiger partial charge in [-0.15, -0.1) is 0 Å². The Morgan fingerprint density at radius 2 is 2.15 bits per heavy atom. The number of carbonyl (C=O) groups is 1. The van der Waals surface area contributed by atoms with Crippen LogP contribution in [0.15, 0.2) is 0 Å². The van der Waals surface area contributed by atoms with E-state index < -0.39 is 11.5 Å². The molecular weight excluding hydrogens is 168 g/mol. The van der Waals surface area contributed by atoms with Crippen LogP contribution in [0.5, 0.6) is 0 Å². The van der Waals surface area contributed by atoms with E-state index in [-0.39, 0.29) is 0 Å². The Morgan fingerprint density at radius 3 is 2.46 bits per heavy atom. The van der Waals surface area contributed by atoms with E-state index in [1.54, 1.807) is 18.7 Å². The standard InChI is InChI=1S/C9H16N2O2/c1-4-11(7-5-6-10)9(2,3)8(12)13/h4-5,7H2,1-3H3,(H,12,13). The molecule has 0 spiro atoms. The Hall–Kier alpha value is -1.08. The number of carboxylic acid groups (broad SMARTS) is 1. The van der Waals surface area contributed by atoms with E-state index in [1.807, 2.05) is 13.0 Å². The number of aliphatic carboxylic acids is 1. The molecule has 0 saturated heterocycles. The predicted octanol–water partition coefficient (Wildman–Crippen LogP) is 1.09. The molecule has 0 fully saturated rings. The molecule has 0 radical (unpaired) electrons. The third kappa shape index (κ3) is 3.03. The van der Waals surface area contributed by atoms with E-state index in [9.17, 15) is 4.79 Å². The smallest absolute Gasteiger partial charge is 0.323 e. The summed E-state index contributed by atoms with van der Waals surface area (Å²) in [4.78, 5) is 12.6. The fourth-order valence-electron chi connectivity index (χ4n) is 1.15. The average molecular weight is 184 g/mol. The van der Waals surface area contributed by atoms with Crippen LogP contribution in [0, 0.1) is 11.3 Å². The van der Waals surface area contributed by atoms with Gasteiger partial charge in [0.05, 0.1) is 6.07 Å². The van der Waals surface area contributed by atoms with Crippen LogP contribution in [0.1, 0.15) is 27.2 Å². The van der Waals surface area contributed by atoms with E-state index >= 15 is 0 Å². The van der Waals surface area contributed by atoms with Gasteiger partial charge in [0.1, 0.15) is 5.54 Å². The molecule has 0 aromatic carbocycles. The number of likely N-dealkylation sites (N-methyl/N-ethyl adjacent to an activating group) is 1. The van der Waals surface area contributed by atoms with Gasteiger partial charge >= 0.3 is 5.97 Å². The quantitative estimate of drug-likeness (QED) is 0.694. The first-order chi connectivity index (χ1) is 5.96. The highest BCUT2D eigenvalue weighted by atomic mass is 16.4. The maximum Gasteiger partial charge on any atom is 0.323 e. The highest BCUT2D eigenvalue weighted by molar-refractivity contribution is 5.77. The lowest BCUT2D eigenvalue weighted by Gasteiger charge is -2.33. The van der Waals surface area contributed by atoms with Crippen LogP contribution in [-0.2, 0) is 4.79 Å². The minimum atomic E-state index is -0.883. The third-order valence-electron chi connectivity index (χ3n) is 2.19. The van der Waals surface area contributed by atoms with Crippen LogP contribution in [0.3, 0.4) is 0 Å². The zero-order valence-corrected chi connectivity index (χ0v) is 8.37. The molecule has 0 rings (SSSR count). The van der Waals surface area contributed by atoms with Crippen LogP contribution in [0.2, 0.25) is 0 Å². The van der Waals surface area contributed by atoms with Gasteiger partial charge in [0.25, 0.3) is 0 Å². The Bertz CT molecular complexity index is 218. The number of hydrogen-bond donors (Lipinski definition) is 1. The fraction of sp³-hybridized carbons (Fsp3) is 0.778. The van der Waals surface area contributed by atoms with Crippen LogP contribution in [0.25, 0.3) is 0 Å². The summed E-state index contributed by atoms with van der Waals surface area (Å²) >= 11 is 0. The monoisotopic (exact) mass is 184 g/mol. The summed E-state index contributed by atoms with van der Waals surface area (Å²) in [6.45, 7) is 6.34. The lowest BCUT2D eigenvalue weighted by molar-refractivity contribution is -0.149. The summed E-state index contributed by atoms with van der Waals surface area (Å²) in [6.07, 6.45) is 0.366. The van der Waals surface area contributed by atoms with Crippen molar-refractivity contribution in [1.29, 1.82) is 5.26 Å². The van der Waals surface area contributed by atoms with Crippen molar-refractivity contribution in [1.82, 2.24) is 4.90 Å². The second-order valence-corrected chi connectivity index (χ2v) is 3.35.